The molecule has 0 spiro atoms. The van der Waals surface area contributed by atoms with E-state index in [0.717, 1.165) is 24.3 Å². The van der Waals surface area contributed by atoms with Gasteiger partial charge < -0.3 is 10.1 Å². The second-order valence-corrected chi connectivity index (χ2v) is 8.16. The van der Waals surface area contributed by atoms with Gasteiger partial charge in [0.1, 0.15) is 12.1 Å². The number of hydrogen-bond donors (Lipinski definition) is 1. The van der Waals surface area contributed by atoms with E-state index in [1.54, 1.807) is 13.4 Å². The summed E-state index contributed by atoms with van der Waals surface area (Å²) in [7, 11) is 1.63. The monoisotopic (exact) mass is 408 g/mol. The minimum atomic E-state index is 0.00628. The maximum absolute atomic E-state index is 12.5. The average Bonchev–Trinajstić information content (AvgIpc) is 3.20. The molecule has 1 heterocycles. The van der Waals surface area contributed by atoms with Crippen molar-refractivity contribution in [2.75, 3.05) is 19.4 Å². The van der Waals surface area contributed by atoms with Crippen LogP contribution in [0.3, 0.4) is 0 Å². The van der Waals surface area contributed by atoms with Gasteiger partial charge in [-0.05, 0) is 30.5 Å². The first kappa shape index (κ1) is 19.5. The highest BCUT2D eigenvalue weighted by Gasteiger charge is 2.38. The van der Waals surface area contributed by atoms with E-state index >= 15 is 0 Å². The first-order valence-corrected chi connectivity index (χ1v) is 10.7. The third-order valence-corrected chi connectivity index (χ3v) is 6.46. The van der Waals surface area contributed by atoms with E-state index in [4.69, 9.17) is 4.74 Å². The van der Waals surface area contributed by atoms with E-state index in [-0.39, 0.29) is 11.3 Å². The molecule has 29 heavy (non-hydrogen) atoms. The Labute approximate surface area is 174 Å². The lowest BCUT2D eigenvalue weighted by Crippen LogP contribution is -2.46. The van der Waals surface area contributed by atoms with E-state index in [2.05, 4.69) is 39.8 Å². The van der Waals surface area contributed by atoms with Crippen molar-refractivity contribution < 1.29 is 9.53 Å². The van der Waals surface area contributed by atoms with Crippen LogP contribution in [0.15, 0.2) is 66.1 Å². The molecular formula is C22H24N4O2S. The first-order chi connectivity index (χ1) is 14.2. The minimum Gasteiger partial charge on any atom is -0.495 e. The second-order valence-electron chi connectivity index (χ2n) is 7.22. The van der Waals surface area contributed by atoms with Gasteiger partial charge in [-0.15, -0.1) is 10.2 Å². The van der Waals surface area contributed by atoms with Crippen molar-refractivity contribution in [1.29, 1.82) is 0 Å². The van der Waals surface area contributed by atoms with Gasteiger partial charge in [-0.2, -0.15) is 0 Å². The summed E-state index contributed by atoms with van der Waals surface area (Å²) in [4.78, 5) is 12.5. The van der Waals surface area contributed by atoms with Gasteiger partial charge in [0.25, 0.3) is 0 Å². The first-order valence-electron chi connectivity index (χ1n) is 9.70. The number of amides is 1. The van der Waals surface area contributed by atoms with Gasteiger partial charge in [0.15, 0.2) is 5.16 Å². The molecule has 3 aromatic rings. The molecule has 4 rings (SSSR count). The van der Waals surface area contributed by atoms with Crippen LogP contribution in [0.2, 0.25) is 0 Å². The zero-order valence-electron chi connectivity index (χ0n) is 16.4. The van der Waals surface area contributed by atoms with Crippen molar-refractivity contribution >= 4 is 17.7 Å². The van der Waals surface area contributed by atoms with Crippen LogP contribution in [0.5, 0.6) is 5.75 Å². The van der Waals surface area contributed by atoms with Crippen LogP contribution in [-0.4, -0.2) is 40.1 Å². The SMILES string of the molecule is COc1ccccc1-n1cnnc1SCC(=O)NCC1(c2ccccc2)CCC1. The Morgan fingerprint density at radius 3 is 2.66 bits per heavy atom. The second kappa shape index (κ2) is 8.69. The van der Waals surface area contributed by atoms with Crippen molar-refractivity contribution in [1.82, 2.24) is 20.1 Å². The summed E-state index contributed by atoms with van der Waals surface area (Å²) in [6.07, 6.45) is 5.08. The maximum atomic E-state index is 12.5. The summed E-state index contributed by atoms with van der Waals surface area (Å²) in [5.74, 6) is 1.03. The molecule has 1 aliphatic rings. The summed E-state index contributed by atoms with van der Waals surface area (Å²) in [5, 5.41) is 12.0. The van der Waals surface area contributed by atoms with Crippen molar-refractivity contribution in [3.8, 4) is 11.4 Å². The molecule has 7 heteroatoms. The van der Waals surface area contributed by atoms with Gasteiger partial charge in [0.2, 0.25) is 5.91 Å². The minimum absolute atomic E-state index is 0.00628. The lowest BCUT2D eigenvalue weighted by atomic mass is 9.64. The molecule has 0 radical (unpaired) electrons. The van der Waals surface area contributed by atoms with Gasteiger partial charge >= 0.3 is 0 Å². The standard InChI is InChI=1S/C22H24N4O2S/c1-28-19-11-6-5-10-18(19)26-16-24-25-21(26)29-14-20(27)23-15-22(12-7-13-22)17-8-3-2-4-9-17/h2-6,8-11,16H,7,12-15H2,1H3,(H,23,27). The maximum Gasteiger partial charge on any atom is 0.230 e. The topological polar surface area (TPSA) is 69.0 Å². The summed E-state index contributed by atoms with van der Waals surface area (Å²) in [6.45, 7) is 0.676. The van der Waals surface area contributed by atoms with Crippen molar-refractivity contribution in [2.45, 2.75) is 29.8 Å². The fourth-order valence-electron chi connectivity index (χ4n) is 3.73. The highest BCUT2D eigenvalue weighted by atomic mass is 32.2. The number of carbonyl (C=O) groups excluding carboxylic acids is 1. The summed E-state index contributed by atoms with van der Waals surface area (Å²) in [6, 6.07) is 18.2. The molecule has 0 unspecified atom stereocenters. The Kier molecular flexibility index (Phi) is 5.85. The molecule has 0 bridgehead atoms. The Morgan fingerprint density at radius 1 is 1.17 bits per heavy atom. The number of ether oxygens (including phenoxy) is 1. The molecule has 1 saturated carbocycles. The molecular weight excluding hydrogens is 384 g/mol. The molecule has 0 aliphatic heterocycles. The average molecular weight is 409 g/mol. The molecule has 0 atom stereocenters. The number of carbonyl (C=O) groups is 1. The Morgan fingerprint density at radius 2 is 1.93 bits per heavy atom. The summed E-state index contributed by atoms with van der Waals surface area (Å²) >= 11 is 1.37. The normalized spacial score (nSPS) is 14.8. The van der Waals surface area contributed by atoms with Crippen molar-refractivity contribution in [3.05, 3.63) is 66.5 Å². The Hall–Kier alpha value is -2.80. The number of thioether (sulfide) groups is 1. The fourth-order valence-corrected chi connectivity index (χ4v) is 4.48. The van der Waals surface area contributed by atoms with Crippen LogP contribution in [0, 0.1) is 0 Å². The lowest BCUT2D eigenvalue weighted by Gasteiger charge is -2.42. The number of rotatable bonds is 8. The molecule has 6 nitrogen and oxygen atoms in total. The predicted molar refractivity (Wildman–Crippen MR) is 114 cm³/mol. The van der Waals surface area contributed by atoms with E-state index in [1.165, 1.54) is 23.7 Å². The van der Waals surface area contributed by atoms with Gasteiger partial charge in [-0.3, -0.25) is 9.36 Å². The van der Waals surface area contributed by atoms with E-state index < -0.39 is 0 Å². The Balaban J connectivity index is 1.37. The molecule has 1 aliphatic carbocycles. The highest BCUT2D eigenvalue weighted by molar-refractivity contribution is 7.99. The number of nitrogens with one attached hydrogen (secondary N) is 1. The number of aromatic nitrogens is 3. The van der Waals surface area contributed by atoms with Gasteiger partial charge in [-0.1, -0.05) is 60.6 Å². The smallest absolute Gasteiger partial charge is 0.230 e. The van der Waals surface area contributed by atoms with E-state index in [9.17, 15) is 4.79 Å². The van der Waals surface area contributed by atoms with E-state index in [0.29, 0.717) is 17.5 Å². The molecule has 0 saturated heterocycles. The zero-order chi connectivity index (χ0) is 20.1. The van der Waals surface area contributed by atoms with Crippen molar-refractivity contribution in [2.24, 2.45) is 0 Å². The molecule has 1 fully saturated rings. The van der Waals surface area contributed by atoms with Gasteiger partial charge in [0, 0.05) is 12.0 Å². The van der Waals surface area contributed by atoms with Crippen molar-refractivity contribution in [3.63, 3.8) is 0 Å². The molecule has 150 valence electrons. The predicted octanol–water partition coefficient (Wildman–Crippen LogP) is 3.61. The zero-order valence-corrected chi connectivity index (χ0v) is 17.2. The Bertz CT molecular complexity index is 970. The number of para-hydroxylation sites is 2. The van der Waals surface area contributed by atoms with Gasteiger partial charge in [-0.25, -0.2) is 0 Å². The van der Waals surface area contributed by atoms with Crippen LogP contribution in [0.1, 0.15) is 24.8 Å². The number of methoxy groups -OCH3 is 1. The molecule has 1 amide bonds. The largest absolute Gasteiger partial charge is 0.495 e. The fraction of sp³-hybridized carbons (Fsp3) is 0.318. The summed E-state index contributed by atoms with van der Waals surface area (Å²) in [5.41, 5.74) is 2.24. The molecule has 1 N–H and O–H groups in total. The van der Waals surface area contributed by atoms with E-state index in [1.807, 2.05) is 34.9 Å². The molecule has 1 aromatic heterocycles. The third kappa shape index (κ3) is 4.15. The summed E-state index contributed by atoms with van der Waals surface area (Å²) < 4.78 is 7.26. The van der Waals surface area contributed by atoms with Crippen LogP contribution < -0.4 is 10.1 Å². The molecule has 2 aromatic carbocycles. The van der Waals surface area contributed by atoms with Crippen LogP contribution in [0.4, 0.5) is 0 Å². The van der Waals surface area contributed by atoms with Gasteiger partial charge in [0.05, 0.1) is 18.6 Å². The number of benzene rings is 2. The third-order valence-electron chi connectivity index (χ3n) is 5.51. The van der Waals surface area contributed by atoms with Crippen LogP contribution in [-0.2, 0) is 10.2 Å². The lowest BCUT2D eigenvalue weighted by molar-refractivity contribution is -0.119. The van der Waals surface area contributed by atoms with Crippen LogP contribution in [0.25, 0.3) is 5.69 Å². The van der Waals surface area contributed by atoms with Crippen LogP contribution >= 0.6 is 11.8 Å². The highest BCUT2D eigenvalue weighted by Crippen LogP contribution is 2.43. The quantitative estimate of drug-likeness (QED) is 0.577. The number of nitrogens with zero attached hydrogens (tertiary/aromatic N) is 3. The number of hydrogen-bond acceptors (Lipinski definition) is 5.